The van der Waals surface area contributed by atoms with E-state index in [1.165, 1.54) is 0 Å². The average molecular weight is 298 g/mol. The molecule has 1 aromatic carbocycles. The average Bonchev–Trinajstić information content (AvgIpc) is 2.48. The monoisotopic (exact) mass is 298 g/mol. The SMILES string of the molecule is CN(C)c1ccc(C(=C2C=CC(=[N+](C)C)C=C2)[N+](=O)[O-])cc1. The normalized spacial score (nSPS) is 13.3. The van der Waals surface area contributed by atoms with Gasteiger partial charge >= 0.3 is 0 Å². The fraction of sp³-hybridized carbons (Fsp3) is 0.235. The number of anilines is 1. The zero-order chi connectivity index (χ0) is 16.3. The Labute approximate surface area is 130 Å². The predicted octanol–water partition coefficient (Wildman–Crippen LogP) is 2.58. The summed E-state index contributed by atoms with van der Waals surface area (Å²) in [6, 6.07) is 7.33. The molecule has 0 spiro atoms. The van der Waals surface area contributed by atoms with Gasteiger partial charge < -0.3 is 4.90 Å². The Bertz CT molecular complexity index is 686. The number of nitro groups is 1. The number of hydrogen-bond acceptors (Lipinski definition) is 3. The largest absolute Gasteiger partial charge is 0.378 e. The third-order valence-electron chi connectivity index (χ3n) is 3.50. The molecule has 0 radical (unpaired) electrons. The second kappa shape index (κ2) is 6.39. The number of allylic oxidation sites excluding steroid dienone is 5. The van der Waals surface area contributed by atoms with Crippen molar-refractivity contribution in [2.45, 2.75) is 0 Å². The quantitative estimate of drug-likeness (QED) is 0.489. The van der Waals surface area contributed by atoms with Gasteiger partial charge in [-0.15, -0.1) is 0 Å². The molecule has 22 heavy (non-hydrogen) atoms. The van der Waals surface area contributed by atoms with E-state index in [1.54, 1.807) is 24.3 Å². The van der Waals surface area contributed by atoms with Gasteiger partial charge in [-0.25, -0.2) is 4.58 Å². The summed E-state index contributed by atoms with van der Waals surface area (Å²) in [7, 11) is 7.75. The van der Waals surface area contributed by atoms with Crippen molar-refractivity contribution < 1.29 is 9.50 Å². The van der Waals surface area contributed by atoms with Crippen LogP contribution in [0, 0.1) is 10.1 Å². The third-order valence-corrected chi connectivity index (χ3v) is 3.50. The number of nitrogens with zero attached hydrogens (tertiary/aromatic N) is 3. The lowest BCUT2D eigenvalue weighted by Gasteiger charge is -2.12. The van der Waals surface area contributed by atoms with Crippen molar-refractivity contribution in [2.75, 3.05) is 33.1 Å². The second-order valence-electron chi connectivity index (χ2n) is 5.49. The summed E-state index contributed by atoms with van der Waals surface area (Å²) < 4.78 is 1.96. The third kappa shape index (κ3) is 3.31. The molecule has 5 nitrogen and oxygen atoms in total. The first-order valence-corrected chi connectivity index (χ1v) is 6.97. The molecule has 114 valence electrons. The first-order chi connectivity index (χ1) is 10.4. The zero-order valence-corrected chi connectivity index (χ0v) is 13.3. The molecule has 1 aliphatic rings. The van der Waals surface area contributed by atoms with E-state index >= 15 is 0 Å². The fourth-order valence-corrected chi connectivity index (χ4v) is 2.21. The summed E-state index contributed by atoms with van der Waals surface area (Å²) in [5.74, 6) is 0. The van der Waals surface area contributed by atoms with Gasteiger partial charge in [0.1, 0.15) is 14.1 Å². The van der Waals surface area contributed by atoms with Gasteiger partial charge in [0.05, 0.1) is 16.1 Å². The molecule has 2 rings (SSSR count). The molecule has 0 fully saturated rings. The highest BCUT2D eigenvalue weighted by Crippen LogP contribution is 2.25. The van der Waals surface area contributed by atoms with Crippen LogP contribution in [0.3, 0.4) is 0 Å². The lowest BCUT2D eigenvalue weighted by molar-refractivity contribution is -0.462. The van der Waals surface area contributed by atoms with E-state index in [1.807, 2.05) is 62.0 Å². The summed E-state index contributed by atoms with van der Waals surface area (Å²) in [4.78, 5) is 13.1. The van der Waals surface area contributed by atoms with Crippen LogP contribution < -0.4 is 4.90 Å². The van der Waals surface area contributed by atoms with Gasteiger partial charge in [-0.3, -0.25) is 10.1 Å². The van der Waals surface area contributed by atoms with Crippen molar-refractivity contribution in [3.63, 3.8) is 0 Å². The van der Waals surface area contributed by atoms with E-state index in [0.717, 1.165) is 11.4 Å². The number of rotatable bonds is 3. The highest BCUT2D eigenvalue weighted by Gasteiger charge is 2.20. The van der Waals surface area contributed by atoms with Gasteiger partial charge in [0.2, 0.25) is 0 Å². The van der Waals surface area contributed by atoms with E-state index < -0.39 is 0 Å². The highest BCUT2D eigenvalue weighted by molar-refractivity contribution is 6.03. The van der Waals surface area contributed by atoms with Crippen molar-refractivity contribution in [3.8, 4) is 0 Å². The van der Waals surface area contributed by atoms with Gasteiger partial charge in [0.25, 0.3) is 5.70 Å². The minimum Gasteiger partial charge on any atom is -0.378 e. The van der Waals surface area contributed by atoms with Gasteiger partial charge in [0, 0.05) is 31.9 Å². The Balaban J connectivity index is 2.46. The molecule has 0 saturated heterocycles. The van der Waals surface area contributed by atoms with Crippen LogP contribution in [-0.2, 0) is 0 Å². The van der Waals surface area contributed by atoms with Crippen LogP contribution in [0.25, 0.3) is 5.70 Å². The van der Waals surface area contributed by atoms with Crippen molar-refractivity contribution in [3.05, 3.63) is 69.8 Å². The van der Waals surface area contributed by atoms with Crippen LogP contribution in [0.4, 0.5) is 5.69 Å². The van der Waals surface area contributed by atoms with Crippen LogP contribution in [0.5, 0.6) is 0 Å². The second-order valence-corrected chi connectivity index (χ2v) is 5.49. The molecule has 0 aliphatic heterocycles. The molecular formula is C17H20N3O2+. The van der Waals surface area contributed by atoms with Gasteiger partial charge in [0.15, 0.2) is 5.71 Å². The van der Waals surface area contributed by atoms with Crippen molar-refractivity contribution in [2.24, 2.45) is 0 Å². The first-order valence-electron chi connectivity index (χ1n) is 6.97. The molecule has 0 unspecified atom stereocenters. The molecule has 0 saturated carbocycles. The van der Waals surface area contributed by atoms with Gasteiger partial charge in [-0.2, -0.15) is 0 Å². The summed E-state index contributed by atoms with van der Waals surface area (Å²) in [6.07, 6.45) is 7.33. The molecule has 1 aromatic rings. The zero-order valence-electron chi connectivity index (χ0n) is 13.3. The molecule has 0 aromatic heterocycles. The van der Waals surface area contributed by atoms with Gasteiger partial charge in [-0.05, 0) is 36.4 Å². The van der Waals surface area contributed by atoms with Crippen molar-refractivity contribution in [1.29, 1.82) is 0 Å². The van der Waals surface area contributed by atoms with E-state index in [9.17, 15) is 10.1 Å². The maximum absolute atomic E-state index is 11.5. The number of benzene rings is 1. The molecule has 1 aliphatic carbocycles. The lowest BCUT2D eigenvalue weighted by atomic mass is 10.0. The Morgan fingerprint density at radius 2 is 1.55 bits per heavy atom. The molecule has 0 bridgehead atoms. The summed E-state index contributed by atoms with van der Waals surface area (Å²) >= 11 is 0. The lowest BCUT2D eigenvalue weighted by Crippen LogP contribution is -2.11. The smallest absolute Gasteiger partial charge is 0.283 e. The summed E-state index contributed by atoms with van der Waals surface area (Å²) in [5.41, 5.74) is 3.35. The summed E-state index contributed by atoms with van der Waals surface area (Å²) in [6.45, 7) is 0. The Morgan fingerprint density at radius 1 is 1.00 bits per heavy atom. The van der Waals surface area contributed by atoms with E-state index in [4.69, 9.17) is 0 Å². The predicted molar refractivity (Wildman–Crippen MR) is 90.1 cm³/mol. The topological polar surface area (TPSA) is 49.4 Å². The van der Waals surface area contributed by atoms with Crippen LogP contribution in [0.2, 0.25) is 0 Å². The van der Waals surface area contributed by atoms with Crippen molar-refractivity contribution in [1.82, 2.24) is 0 Å². The highest BCUT2D eigenvalue weighted by atomic mass is 16.6. The van der Waals surface area contributed by atoms with E-state index in [-0.39, 0.29) is 10.6 Å². The molecule has 0 atom stereocenters. The van der Waals surface area contributed by atoms with Gasteiger partial charge in [-0.1, -0.05) is 0 Å². The van der Waals surface area contributed by atoms with Crippen LogP contribution in [0.1, 0.15) is 5.56 Å². The van der Waals surface area contributed by atoms with Crippen LogP contribution >= 0.6 is 0 Å². The number of hydrogen-bond donors (Lipinski definition) is 0. The van der Waals surface area contributed by atoms with Crippen LogP contribution in [-0.4, -0.2) is 43.4 Å². The standard InChI is InChI=1S/C17H20N3O2/c1-18(2)15-9-5-13(6-10-15)17(20(21)22)14-7-11-16(12-8-14)19(3)4/h5-12H,1-4H3/q+1. The molecule has 0 amide bonds. The molecule has 0 heterocycles. The van der Waals surface area contributed by atoms with E-state index in [0.29, 0.717) is 11.1 Å². The van der Waals surface area contributed by atoms with Crippen molar-refractivity contribution >= 4 is 17.1 Å². The fourth-order valence-electron chi connectivity index (χ4n) is 2.21. The Hall–Kier alpha value is -2.69. The molecule has 0 N–H and O–H groups in total. The maximum atomic E-state index is 11.5. The Kier molecular flexibility index (Phi) is 4.56. The molecular weight excluding hydrogens is 278 g/mol. The minimum atomic E-state index is -0.324. The Morgan fingerprint density at radius 3 is 1.95 bits per heavy atom. The first kappa shape index (κ1) is 15.7. The van der Waals surface area contributed by atoms with E-state index in [2.05, 4.69) is 0 Å². The van der Waals surface area contributed by atoms with Crippen LogP contribution in [0.15, 0.2) is 54.1 Å². The minimum absolute atomic E-state index is 0.121. The maximum Gasteiger partial charge on any atom is 0.283 e. The molecule has 5 heteroatoms. The summed E-state index contributed by atoms with van der Waals surface area (Å²) in [5, 5.41) is 11.5.